The molecule has 1 aromatic heterocycles. The Hall–Kier alpha value is -2.38. The average Bonchev–Trinajstić information content (AvgIpc) is 3.10. The second-order valence-electron chi connectivity index (χ2n) is 10.8. The lowest BCUT2D eigenvalue weighted by atomic mass is 9.89. The zero-order chi connectivity index (χ0) is 24.8. The van der Waals surface area contributed by atoms with Gasteiger partial charge in [-0.3, -0.25) is 19.1 Å². The van der Waals surface area contributed by atoms with Crippen LogP contribution in [0.4, 0.5) is 0 Å². The van der Waals surface area contributed by atoms with E-state index in [2.05, 4.69) is 29.2 Å². The highest BCUT2D eigenvalue weighted by atomic mass is 16.2. The van der Waals surface area contributed by atoms with E-state index in [1.54, 1.807) is 0 Å². The monoisotopic (exact) mass is 473 g/mol. The molecular weight excluding hydrogens is 430 g/mol. The van der Waals surface area contributed by atoms with Gasteiger partial charge in [-0.05, 0) is 50.4 Å². The van der Waals surface area contributed by atoms with Gasteiger partial charge in [-0.1, -0.05) is 27.7 Å². The number of hydrogen-bond acceptors (Lipinski definition) is 4. The Morgan fingerprint density at radius 3 is 2.53 bits per heavy atom. The molecule has 1 atom stereocenters. The molecule has 190 valence electrons. The molecule has 1 aromatic rings. The Morgan fingerprint density at radius 1 is 1.09 bits per heavy atom. The van der Waals surface area contributed by atoms with Crippen LogP contribution in [0, 0.1) is 11.8 Å². The maximum atomic E-state index is 13.4. The second-order valence-corrected chi connectivity index (χ2v) is 10.8. The maximum absolute atomic E-state index is 13.4. The summed E-state index contributed by atoms with van der Waals surface area (Å²) in [4.78, 5) is 43.1. The van der Waals surface area contributed by atoms with Gasteiger partial charge >= 0.3 is 0 Å². The fraction of sp³-hybridized carbons (Fsp3) is 0.769. The molecule has 0 aromatic carbocycles. The van der Waals surface area contributed by atoms with E-state index >= 15 is 0 Å². The first kappa shape index (κ1) is 26.2. The van der Waals surface area contributed by atoms with Crippen LogP contribution in [-0.2, 0) is 29.5 Å². The van der Waals surface area contributed by atoms with Crippen molar-refractivity contribution in [2.75, 3.05) is 26.2 Å². The van der Waals surface area contributed by atoms with E-state index in [-0.39, 0.29) is 29.7 Å². The summed E-state index contributed by atoms with van der Waals surface area (Å²) in [6, 6.07) is 0.0818. The zero-order valence-corrected chi connectivity index (χ0v) is 21.7. The number of aromatic nitrogens is 2. The van der Waals surface area contributed by atoms with Gasteiger partial charge in [0, 0.05) is 63.4 Å². The van der Waals surface area contributed by atoms with Crippen LogP contribution >= 0.6 is 0 Å². The largest absolute Gasteiger partial charge is 0.351 e. The van der Waals surface area contributed by atoms with Gasteiger partial charge < -0.3 is 15.1 Å². The van der Waals surface area contributed by atoms with E-state index in [1.807, 2.05) is 30.5 Å². The first-order chi connectivity index (χ1) is 16.2. The van der Waals surface area contributed by atoms with E-state index in [9.17, 15) is 14.4 Å². The van der Waals surface area contributed by atoms with Gasteiger partial charge in [-0.25, -0.2) is 0 Å². The number of carbonyl (C=O) groups excluding carboxylic acids is 3. The van der Waals surface area contributed by atoms with Crippen molar-refractivity contribution in [3.8, 4) is 0 Å². The van der Waals surface area contributed by atoms with Crippen LogP contribution in [0.15, 0.2) is 0 Å². The summed E-state index contributed by atoms with van der Waals surface area (Å²) < 4.78 is 1.83. The predicted molar refractivity (Wildman–Crippen MR) is 132 cm³/mol. The first-order valence-electron chi connectivity index (χ1n) is 13.1. The summed E-state index contributed by atoms with van der Waals surface area (Å²) in [5.41, 5.74) is 2.58. The van der Waals surface area contributed by atoms with Gasteiger partial charge in [0.1, 0.15) is 0 Å². The summed E-state index contributed by atoms with van der Waals surface area (Å²) in [5, 5.41) is 7.56. The molecule has 0 radical (unpaired) electrons. The topological polar surface area (TPSA) is 87.5 Å². The van der Waals surface area contributed by atoms with E-state index in [0.29, 0.717) is 63.4 Å². The minimum absolute atomic E-state index is 0.0818. The molecule has 0 spiro atoms. The summed E-state index contributed by atoms with van der Waals surface area (Å²) in [6.07, 6.45) is 5.64. The molecule has 0 saturated carbocycles. The quantitative estimate of drug-likeness (QED) is 0.712. The van der Waals surface area contributed by atoms with Gasteiger partial charge in [0.2, 0.25) is 11.8 Å². The fourth-order valence-corrected chi connectivity index (χ4v) is 5.09. The molecule has 1 N–H and O–H groups in total. The lowest BCUT2D eigenvalue weighted by Gasteiger charge is -2.35. The molecule has 2 heterocycles. The Balaban J connectivity index is 1.85. The summed E-state index contributed by atoms with van der Waals surface area (Å²) in [5.74, 6) is 0.924. The number of nitrogens with zero attached hydrogens (tertiary/aromatic N) is 4. The van der Waals surface area contributed by atoms with Crippen molar-refractivity contribution in [1.29, 1.82) is 0 Å². The molecule has 0 saturated heterocycles. The fourth-order valence-electron chi connectivity index (χ4n) is 5.09. The highest BCUT2D eigenvalue weighted by molar-refractivity contribution is 5.94. The van der Waals surface area contributed by atoms with E-state index < -0.39 is 0 Å². The van der Waals surface area contributed by atoms with Gasteiger partial charge in [0.15, 0.2) is 5.69 Å². The summed E-state index contributed by atoms with van der Waals surface area (Å²) in [6.45, 7) is 10.8. The number of fused-ring (bicyclic) bond motifs is 1. The van der Waals surface area contributed by atoms with Crippen molar-refractivity contribution in [3.63, 3.8) is 0 Å². The van der Waals surface area contributed by atoms with Crippen molar-refractivity contribution in [2.24, 2.45) is 18.9 Å². The van der Waals surface area contributed by atoms with Crippen LogP contribution in [0.5, 0.6) is 0 Å². The highest BCUT2D eigenvalue weighted by Crippen LogP contribution is 2.28. The normalized spacial score (nSPS) is 20.4. The van der Waals surface area contributed by atoms with E-state index in [1.165, 1.54) is 0 Å². The van der Waals surface area contributed by atoms with Gasteiger partial charge in [-0.2, -0.15) is 5.10 Å². The van der Waals surface area contributed by atoms with Crippen LogP contribution in [0.25, 0.3) is 0 Å². The molecule has 3 amide bonds. The first-order valence-corrected chi connectivity index (χ1v) is 13.1. The Kier molecular flexibility index (Phi) is 9.14. The molecule has 1 aliphatic heterocycles. The van der Waals surface area contributed by atoms with Crippen molar-refractivity contribution in [3.05, 3.63) is 17.0 Å². The van der Waals surface area contributed by atoms with E-state index in [4.69, 9.17) is 0 Å². The predicted octanol–water partition coefficient (Wildman–Crippen LogP) is 2.94. The van der Waals surface area contributed by atoms with Crippen molar-refractivity contribution in [1.82, 2.24) is 24.9 Å². The highest BCUT2D eigenvalue weighted by Gasteiger charge is 2.33. The van der Waals surface area contributed by atoms with Crippen molar-refractivity contribution in [2.45, 2.75) is 85.1 Å². The molecule has 3 rings (SSSR count). The lowest BCUT2D eigenvalue weighted by Crippen LogP contribution is -2.45. The maximum Gasteiger partial charge on any atom is 0.272 e. The van der Waals surface area contributed by atoms with Crippen LogP contribution in [-0.4, -0.2) is 69.5 Å². The smallest absolute Gasteiger partial charge is 0.272 e. The standard InChI is InChI=1S/C26H43N5O3/c1-18(2)11-15-31-20-9-10-22-21(17-20)25(28-29(22)5)26(34)27-12-7-14-30(13-6-8-23(31)32)24(33)16-19(3)4/h18-20H,6-17H2,1-5H3,(H,27,34). The third-order valence-electron chi connectivity index (χ3n) is 7.00. The molecule has 1 unspecified atom stereocenters. The molecule has 8 heteroatoms. The summed E-state index contributed by atoms with van der Waals surface area (Å²) >= 11 is 0. The SMILES string of the molecule is CC(C)CCN1C(=O)CCCN(C(=O)CC(C)C)CCCNC(=O)c2nn(C)c3c2CC1CC3. The van der Waals surface area contributed by atoms with E-state index in [0.717, 1.165) is 37.1 Å². The number of carbonyl (C=O) groups is 3. The molecule has 2 aliphatic rings. The molecule has 34 heavy (non-hydrogen) atoms. The minimum Gasteiger partial charge on any atom is -0.351 e. The minimum atomic E-state index is -0.160. The molecule has 1 aliphatic carbocycles. The Bertz CT molecular complexity index is 876. The van der Waals surface area contributed by atoms with Gasteiger partial charge in [0.25, 0.3) is 5.91 Å². The third-order valence-corrected chi connectivity index (χ3v) is 7.00. The number of amides is 3. The number of hydrogen-bond donors (Lipinski definition) is 1. The van der Waals surface area contributed by atoms with Crippen molar-refractivity contribution < 1.29 is 14.4 Å². The average molecular weight is 474 g/mol. The molecule has 8 nitrogen and oxygen atoms in total. The lowest BCUT2D eigenvalue weighted by molar-refractivity contribution is -0.136. The zero-order valence-electron chi connectivity index (χ0n) is 21.7. The number of aryl methyl sites for hydroxylation is 1. The second kappa shape index (κ2) is 11.8. The Morgan fingerprint density at radius 2 is 1.82 bits per heavy atom. The molecule has 2 bridgehead atoms. The van der Waals surface area contributed by atoms with Crippen LogP contribution in [0.1, 0.15) is 88.0 Å². The molecule has 0 fully saturated rings. The Labute approximate surface area is 204 Å². The van der Waals surface area contributed by atoms with Gasteiger partial charge in [-0.15, -0.1) is 0 Å². The van der Waals surface area contributed by atoms with Crippen LogP contribution < -0.4 is 5.32 Å². The third kappa shape index (κ3) is 6.60. The van der Waals surface area contributed by atoms with Crippen LogP contribution in [0.3, 0.4) is 0 Å². The number of nitrogens with one attached hydrogen (secondary N) is 1. The number of rotatable bonds is 5. The molecular formula is C26H43N5O3. The van der Waals surface area contributed by atoms with Crippen LogP contribution in [0.2, 0.25) is 0 Å². The van der Waals surface area contributed by atoms with Crippen molar-refractivity contribution >= 4 is 17.7 Å². The summed E-state index contributed by atoms with van der Waals surface area (Å²) in [7, 11) is 1.90. The van der Waals surface area contributed by atoms with Gasteiger partial charge in [0.05, 0.1) is 0 Å².